The number of amides is 1. The fraction of sp³-hybridized carbons (Fsp3) is 0.167. The van der Waals surface area contributed by atoms with E-state index in [-0.39, 0.29) is 12.1 Å². The van der Waals surface area contributed by atoms with Gasteiger partial charge in [0.25, 0.3) is 5.91 Å². The van der Waals surface area contributed by atoms with Crippen molar-refractivity contribution in [3.63, 3.8) is 0 Å². The van der Waals surface area contributed by atoms with E-state index in [0.717, 1.165) is 6.07 Å². The summed E-state index contributed by atoms with van der Waals surface area (Å²) in [5.41, 5.74) is -0.281. The Bertz CT molecular complexity index is 1390. The fourth-order valence-electron chi connectivity index (χ4n) is 3.33. The van der Waals surface area contributed by atoms with E-state index in [9.17, 15) is 23.1 Å². The molecule has 4 aromatic rings. The predicted octanol–water partition coefficient (Wildman–Crippen LogP) is 5.05. The van der Waals surface area contributed by atoms with Gasteiger partial charge in [0.1, 0.15) is 11.6 Å². The van der Waals surface area contributed by atoms with Crippen molar-refractivity contribution in [2.24, 2.45) is 0 Å². The van der Waals surface area contributed by atoms with Crippen molar-refractivity contribution < 1.29 is 23.1 Å². The summed E-state index contributed by atoms with van der Waals surface area (Å²) in [6.07, 6.45) is -0.413. The van der Waals surface area contributed by atoms with Crippen LogP contribution in [0.25, 0.3) is 17.2 Å². The lowest BCUT2D eigenvalue weighted by Crippen LogP contribution is -2.17. The topological polar surface area (TPSA) is 105 Å². The van der Waals surface area contributed by atoms with Crippen molar-refractivity contribution in [3.8, 4) is 17.2 Å². The highest BCUT2D eigenvalue weighted by atomic mass is 35.5. The number of aliphatic hydroxyl groups is 1. The summed E-state index contributed by atoms with van der Waals surface area (Å²) >= 11 is 5.64. The molecule has 4 rings (SSSR count). The van der Waals surface area contributed by atoms with E-state index in [1.807, 2.05) is 0 Å². The van der Waals surface area contributed by atoms with E-state index < -0.39 is 28.8 Å². The second-order valence-electron chi connectivity index (χ2n) is 7.82. The van der Waals surface area contributed by atoms with Crippen molar-refractivity contribution in [1.82, 2.24) is 19.5 Å². The van der Waals surface area contributed by atoms with Gasteiger partial charge in [-0.25, -0.2) is 9.97 Å². The first-order chi connectivity index (χ1) is 17.1. The van der Waals surface area contributed by atoms with Gasteiger partial charge in [-0.3, -0.25) is 9.36 Å². The largest absolute Gasteiger partial charge is 0.417 e. The standard InChI is InChI=1S/C24H20ClF3N6O2/c1-14(35)13-31-23-30-8-7-20(33-23)34-10-9-29-21(34)15-3-2-4-17(11-15)32-22(36)16-5-6-19(25)18(12-16)24(26,27)28/h2-12,14,35H,13H2,1H3,(H,32,36)(H,30,31,33). The van der Waals surface area contributed by atoms with Gasteiger partial charge in [0, 0.05) is 41.9 Å². The van der Waals surface area contributed by atoms with E-state index in [0.29, 0.717) is 34.9 Å². The zero-order valence-electron chi connectivity index (χ0n) is 18.8. The third-order valence-corrected chi connectivity index (χ3v) is 5.33. The lowest BCUT2D eigenvalue weighted by molar-refractivity contribution is -0.137. The van der Waals surface area contributed by atoms with E-state index in [2.05, 4.69) is 25.6 Å². The first kappa shape index (κ1) is 25.1. The molecule has 0 aliphatic carbocycles. The number of anilines is 2. The number of benzene rings is 2. The Hall–Kier alpha value is -3.96. The van der Waals surface area contributed by atoms with E-state index >= 15 is 0 Å². The molecule has 12 heteroatoms. The third kappa shape index (κ3) is 5.81. The summed E-state index contributed by atoms with van der Waals surface area (Å²) in [6, 6.07) is 11.4. The van der Waals surface area contributed by atoms with Crippen molar-refractivity contribution >= 4 is 29.1 Å². The molecule has 2 aromatic carbocycles. The quantitative estimate of drug-likeness (QED) is 0.317. The fourth-order valence-corrected chi connectivity index (χ4v) is 3.56. The Labute approximate surface area is 208 Å². The van der Waals surface area contributed by atoms with Crippen LogP contribution in [0.2, 0.25) is 5.02 Å². The number of aliphatic hydroxyl groups excluding tert-OH is 1. The number of nitrogens with zero attached hydrogens (tertiary/aromatic N) is 4. The number of carbonyl (C=O) groups excluding carboxylic acids is 1. The van der Waals surface area contributed by atoms with Gasteiger partial charge < -0.3 is 15.7 Å². The van der Waals surface area contributed by atoms with Crippen molar-refractivity contribution in [2.45, 2.75) is 19.2 Å². The maximum Gasteiger partial charge on any atom is 0.417 e. The SMILES string of the molecule is CC(O)CNc1nccc(-n2ccnc2-c2cccc(NC(=O)c3ccc(Cl)c(C(F)(F)F)c3)c2)n1. The summed E-state index contributed by atoms with van der Waals surface area (Å²) in [4.78, 5) is 25.6. The number of halogens is 4. The van der Waals surface area contributed by atoms with Gasteiger partial charge in [-0.1, -0.05) is 23.7 Å². The molecule has 1 atom stereocenters. The zero-order chi connectivity index (χ0) is 25.9. The molecule has 0 bridgehead atoms. The molecule has 36 heavy (non-hydrogen) atoms. The van der Waals surface area contributed by atoms with Gasteiger partial charge in [-0.2, -0.15) is 18.2 Å². The average molecular weight is 517 g/mol. The maximum atomic E-state index is 13.2. The maximum absolute atomic E-state index is 13.2. The summed E-state index contributed by atoms with van der Waals surface area (Å²) in [7, 11) is 0. The Morgan fingerprint density at radius 3 is 2.69 bits per heavy atom. The van der Waals surface area contributed by atoms with Crippen LogP contribution in [0.5, 0.6) is 0 Å². The Morgan fingerprint density at radius 1 is 1.14 bits per heavy atom. The van der Waals surface area contributed by atoms with Crippen LogP contribution in [0.4, 0.5) is 24.8 Å². The number of rotatable bonds is 7. The molecular weight excluding hydrogens is 497 g/mol. The van der Waals surface area contributed by atoms with Crippen molar-refractivity contribution in [3.05, 3.63) is 83.3 Å². The molecule has 0 saturated heterocycles. The number of hydrogen-bond acceptors (Lipinski definition) is 6. The van der Waals surface area contributed by atoms with Gasteiger partial charge in [-0.15, -0.1) is 0 Å². The Morgan fingerprint density at radius 2 is 1.94 bits per heavy atom. The highest BCUT2D eigenvalue weighted by Crippen LogP contribution is 2.35. The Kier molecular flexibility index (Phi) is 7.22. The van der Waals surface area contributed by atoms with E-state index in [1.54, 1.807) is 60.4 Å². The summed E-state index contributed by atoms with van der Waals surface area (Å²) < 4.78 is 41.2. The van der Waals surface area contributed by atoms with Gasteiger partial charge in [0.05, 0.1) is 16.7 Å². The minimum absolute atomic E-state index is 0.183. The summed E-state index contributed by atoms with van der Waals surface area (Å²) in [5.74, 6) is 0.635. The van der Waals surface area contributed by atoms with Crippen LogP contribution in [-0.4, -0.2) is 43.2 Å². The third-order valence-electron chi connectivity index (χ3n) is 5.00. The minimum Gasteiger partial charge on any atom is -0.392 e. The average Bonchev–Trinajstić information content (AvgIpc) is 3.33. The molecule has 0 radical (unpaired) electrons. The van der Waals surface area contributed by atoms with Crippen molar-refractivity contribution in [2.75, 3.05) is 17.2 Å². The summed E-state index contributed by atoms with van der Waals surface area (Å²) in [5, 5.41) is 14.5. The molecular formula is C24H20ClF3N6O2. The number of carbonyl (C=O) groups is 1. The van der Waals surface area contributed by atoms with Crippen LogP contribution < -0.4 is 10.6 Å². The van der Waals surface area contributed by atoms with E-state index in [1.165, 1.54) is 6.07 Å². The Balaban J connectivity index is 1.58. The van der Waals surface area contributed by atoms with Gasteiger partial charge in [0.2, 0.25) is 5.95 Å². The van der Waals surface area contributed by atoms with Gasteiger partial charge >= 0.3 is 6.18 Å². The molecule has 2 aromatic heterocycles. The van der Waals surface area contributed by atoms with Crippen LogP contribution in [0.3, 0.4) is 0 Å². The number of imidazole rings is 1. The molecule has 0 fully saturated rings. The first-order valence-corrected chi connectivity index (χ1v) is 11.1. The number of hydrogen-bond donors (Lipinski definition) is 3. The molecule has 0 saturated carbocycles. The van der Waals surface area contributed by atoms with Crippen LogP contribution in [-0.2, 0) is 6.18 Å². The first-order valence-electron chi connectivity index (χ1n) is 10.7. The lowest BCUT2D eigenvalue weighted by Gasteiger charge is -2.12. The molecule has 8 nitrogen and oxygen atoms in total. The van der Waals surface area contributed by atoms with Crippen LogP contribution >= 0.6 is 11.6 Å². The number of nitrogens with one attached hydrogen (secondary N) is 2. The molecule has 186 valence electrons. The molecule has 1 amide bonds. The minimum atomic E-state index is -4.68. The lowest BCUT2D eigenvalue weighted by atomic mass is 10.1. The number of alkyl halides is 3. The molecule has 1 unspecified atom stereocenters. The normalized spacial score (nSPS) is 12.3. The smallest absolute Gasteiger partial charge is 0.392 e. The molecule has 2 heterocycles. The van der Waals surface area contributed by atoms with Gasteiger partial charge in [-0.05, 0) is 43.3 Å². The van der Waals surface area contributed by atoms with Crippen molar-refractivity contribution in [1.29, 1.82) is 0 Å². The highest BCUT2D eigenvalue weighted by molar-refractivity contribution is 6.31. The summed E-state index contributed by atoms with van der Waals surface area (Å²) in [6.45, 7) is 1.92. The molecule has 3 N–H and O–H groups in total. The van der Waals surface area contributed by atoms with Crippen LogP contribution in [0.1, 0.15) is 22.8 Å². The molecule has 0 aliphatic heterocycles. The van der Waals surface area contributed by atoms with Crippen LogP contribution in [0.15, 0.2) is 67.1 Å². The molecule has 0 spiro atoms. The highest BCUT2D eigenvalue weighted by Gasteiger charge is 2.33. The molecule has 0 aliphatic rings. The van der Waals surface area contributed by atoms with E-state index in [4.69, 9.17) is 11.6 Å². The monoisotopic (exact) mass is 516 g/mol. The zero-order valence-corrected chi connectivity index (χ0v) is 19.5. The van der Waals surface area contributed by atoms with Gasteiger partial charge in [0.15, 0.2) is 0 Å². The second kappa shape index (κ2) is 10.3. The predicted molar refractivity (Wildman–Crippen MR) is 129 cm³/mol. The second-order valence-corrected chi connectivity index (χ2v) is 8.22. The van der Waals surface area contributed by atoms with Crippen LogP contribution in [0, 0.1) is 0 Å². The number of aromatic nitrogens is 4.